The van der Waals surface area contributed by atoms with Crippen molar-refractivity contribution >= 4 is 11.8 Å². The maximum absolute atomic E-state index is 12.7. The number of nitrogens with zero attached hydrogens (tertiary/aromatic N) is 3. The minimum atomic E-state index is -0.290. The van der Waals surface area contributed by atoms with Gasteiger partial charge in [0.2, 0.25) is 11.8 Å². The predicted octanol–water partition coefficient (Wildman–Crippen LogP) is 0.621. The first-order valence-electron chi connectivity index (χ1n) is 9.01. The second kappa shape index (κ2) is 8.05. The van der Waals surface area contributed by atoms with Crippen molar-refractivity contribution in [1.29, 1.82) is 0 Å². The first-order valence-corrected chi connectivity index (χ1v) is 9.01. The number of methoxy groups -OCH3 is 2. The van der Waals surface area contributed by atoms with Crippen LogP contribution in [-0.2, 0) is 16.0 Å². The molecule has 0 radical (unpaired) electrons. The molecule has 7 nitrogen and oxygen atoms in total. The average Bonchev–Trinajstić information content (AvgIpc) is 2.94. The van der Waals surface area contributed by atoms with Crippen molar-refractivity contribution in [1.82, 2.24) is 14.7 Å². The van der Waals surface area contributed by atoms with E-state index in [0.29, 0.717) is 30.9 Å². The highest BCUT2D eigenvalue weighted by atomic mass is 16.5. The number of carbonyl (C=O) groups excluding carboxylic acids is 2. The summed E-state index contributed by atoms with van der Waals surface area (Å²) in [6, 6.07) is 5.38. The summed E-state index contributed by atoms with van der Waals surface area (Å²) in [7, 11) is 5.27. The number of piperazine rings is 1. The first-order chi connectivity index (χ1) is 12.5. The summed E-state index contributed by atoms with van der Waals surface area (Å²) >= 11 is 0. The normalized spacial score (nSPS) is 22.1. The van der Waals surface area contributed by atoms with E-state index < -0.39 is 0 Å². The molecule has 2 fully saturated rings. The van der Waals surface area contributed by atoms with Gasteiger partial charge in [0, 0.05) is 32.7 Å². The Hall–Kier alpha value is -2.12. The zero-order valence-corrected chi connectivity index (χ0v) is 15.7. The number of benzene rings is 1. The van der Waals surface area contributed by atoms with Gasteiger partial charge in [0.15, 0.2) is 11.5 Å². The van der Waals surface area contributed by atoms with Gasteiger partial charge < -0.3 is 14.4 Å². The van der Waals surface area contributed by atoms with E-state index in [0.717, 1.165) is 31.7 Å². The van der Waals surface area contributed by atoms with Gasteiger partial charge in [0.05, 0.1) is 26.7 Å². The molecule has 0 bridgehead atoms. The summed E-state index contributed by atoms with van der Waals surface area (Å²) in [6.45, 7) is 3.94. The lowest BCUT2D eigenvalue weighted by Gasteiger charge is -2.35. The van der Waals surface area contributed by atoms with E-state index in [-0.39, 0.29) is 17.9 Å². The third-order valence-corrected chi connectivity index (χ3v) is 5.27. The zero-order valence-electron chi connectivity index (χ0n) is 15.7. The molecule has 2 saturated heterocycles. The van der Waals surface area contributed by atoms with E-state index in [1.807, 2.05) is 18.2 Å². The van der Waals surface area contributed by atoms with Crippen LogP contribution < -0.4 is 9.47 Å². The SMILES string of the molecule is COc1ccc(CCN2C(=O)CC(N3CCN(C)CC3)C2=O)cc1OC. The Morgan fingerprint density at radius 1 is 1.04 bits per heavy atom. The van der Waals surface area contributed by atoms with Crippen molar-refractivity contribution in [2.45, 2.75) is 18.9 Å². The lowest BCUT2D eigenvalue weighted by Crippen LogP contribution is -2.51. The average molecular weight is 361 g/mol. The lowest BCUT2D eigenvalue weighted by atomic mass is 10.1. The summed E-state index contributed by atoms with van der Waals surface area (Å²) in [5, 5.41) is 0. The number of carbonyl (C=O) groups is 2. The Balaban J connectivity index is 1.61. The number of hydrogen-bond acceptors (Lipinski definition) is 6. The van der Waals surface area contributed by atoms with Gasteiger partial charge in [-0.25, -0.2) is 0 Å². The molecule has 142 valence electrons. The van der Waals surface area contributed by atoms with Crippen LogP contribution in [0.25, 0.3) is 0 Å². The lowest BCUT2D eigenvalue weighted by molar-refractivity contribution is -0.139. The topological polar surface area (TPSA) is 62.3 Å². The monoisotopic (exact) mass is 361 g/mol. The molecule has 0 N–H and O–H groups in total. The highest BCUT2D eigenvalue weighted by molar-refractivity contribution is 6.05. The molecule has 2 heterocycles. The quantitative estimate of drug-likeness (QED) is 0.693. The van der Waals surface area contributed by atoms with E-state index >= 15 is 0 Å². The van der Waals surface area contributed by atoms with Crippen LogP contribution >= 0.6 is 0 Å². The van der Waals surface area contributed by atoms with Gasteiger partial charge in [-0.15, -0.1) is 0 Å². The molecular formula is C19H27N3O4. The van der Waals surface area contributed by atoms with Gasteiger partial charge in [-0.1, -0.05) is 6.07 Å². The maximum Gasteiger partial charge on any atom is 0.247 e. The van der Waals surface area contributed by atoms with Crippen LogP contribution in [0.4, 0.5) is 0 Å². The highest BCUT2D eigenvalue weighted by Gasteiger charge is 2.42. The molecule has 0 saturated carbocycles. The fourth-order valence-electron chi connectivity index (χ4n) is 3.60. The molecule has 2 aliphatic heterocycles. The molecule has 3 rings (SSSR count). The van der Waals surface area contributed by atoms with Gasteiger partial charge in [0.1, 0.15) is 0 Å². The third-order valence-electron chi connectivity index (χ3n) is 5.27. The number of amides is 2. The van der Waals surface area contributed by atoms with Crippen LogP contribution in [0.2, 0.25) is 0 Å². The van der Waals surface area contributed by atoms with E-state index in [4.69, 9.17) is 9.47 Å². The Morgan fingerprint density at radius 2 is 1.73 bits per heavy atom. The van der Waals surface area contributed by atoms with Crippen LogP contribution in [0, 0.1) is 0 Å². The van der Waals surface area contributed by atoms with Gasteiger partial charge in [-0.2, -0.15) is 0 Å². The molecule has 0 aromatic heterocycles. The zero-order chi connectivity index (χ0) is 18.7. The van der Waals surface area contributed by atoms with E-state index in [2.05, 4.69) is 16.8 Å². The van der Waals surface area contributed by atoms with Crippen LogP contribution in [0.5, 0.6) is 11.5 Å². The Kier molecular flexibility index (Phi) is 5.78. The molecule has 1 aromatic carbocycles. The molecule has 1 atom stereocenters. The maximum atomic E-state index is 12.7. The summed E-state index contributed by atoms with van der Waals surface area (Å²) in [5.74, 6) is 1.19. The van der Waals surface area contributed by atoms with Crippen molar-refractivity contribution in [3.05, 3.63) is 23.8 Å². The summed E-state index contributed by atoms with van der Waals surface area (Å²) in [4.78, 5) is 30.9. The van der Waals surface area contributed by atoms with E-state index in [9.17, 15) is 9.59 Å². The summed E-state index contributed by atoms with van der Waals surface area (Å²) < 4.78 is 10.6. The number of imide groups is 1. The minimum Gasteiger partial charge on any atom is -0.493 e. The third kappa shape index (κ3) is 3.83. The number of ether oxygens (including phenoxy) is 2. The van der Waals surface area contributed by atoms with Crippen molar-refractivity contribution < 1.29 is 19.1 Å². The van der Waals surface area contributed by atoms with Crippen LogP contribution in [0.3, 0.4) is 0 Å². The van der Waals surface area contributed by atoms with Crippen molar-refractivity contribution in [3.63, 3.8) is 0 Å². The molecule has 7 heteroatoms. The second-order valence-electron chi connectivity index (χ2n) is 6.88. The first kappa shape index (κ1) is 18.7. The summed E-state index contributed by atoms with van der Waals surface area (Å²) in [6.07, 6.45) is 0.905. The van der Waals surface area contributed by atoms with Crippen molar-refractivity contribution in [2.24, 2.45) is 0 Å². The van der Waals surface area contributed by atoms with E-state index in [1.54, 1.807) is 14.2 Å². The van der Waals surface area contributed by atoms with E-state index in [1.165, 1.54) is 4.90 Å². The molecule has 0 spiro atoms. The van der Waals surface area contributed by atoms with Crippen LogP contribution in [0.1, 0.15) is 12.0 Å². The second-order valence-corrected chi connectivity index (χ2v) is 6.88. The van der Waals surface area contributed by atoms with Crippen LogP contribution in [-0.4, -0.2) is 86.5 Å². The fraction of sp³-hybridized carbons (Fsp3) is 0.579. The Bertz CT molecular complexity index is 671. The van der Waals surface area contributed by atoms with Crippen LogP contribution in [0.15, 0.2) is 18.2 Å². The number of likely N-dealkylation sites (N-methyl/N-ethyl adjacent to an activating group) is 1. The minimum absolute atomic E-state index is 0.0555. The molecule has 2 aliphatic rings. The molecule has 2 amide bonds. The number of hydrogen-bond donors (Lipinski definition) is 0. The van der Waals surface area contributed by atoms with Gasteiger partial charge >= 0.3 is 0 Å². The fourth-order valence-corrected chi connectivity index (χ4v) is 3.60. The Labute approximate surface area is 154 Å². The smallest absolute Gasteiger partial charge is 0.247 e. The van der Waals surface area contributed by atoms with Crippen molar-refractivity contribution in [3.8, 4) is 11.5 Å². The predicted molar refractivity (Wildman–Crippen MR) is 97.4 cm³/mol. The number of rotatable bonds is 6. The van der Waals surface area contributed by atoms with Gasteiger partial charge in [-0.3, -0.25) is 19.4 Å². The molecule has 26 heavy (non-hydrogen) atoms. The number of likely N-dealkylation sites (tertiary alicyclic amines) is 1. The molecule has 1 aromatic rings. The highest BCUT2D eigenvalue weighted by Crippen LogP contribution is 2.28. The summed E-state index contributed by atoms with van der Waals surface area (Å²) in [5.41, 5.74) is 1.01. The van der Waals surface area contributed by atoms with Gasteiger partial charge in [-0.05, 0) is 31.2 Å². The molecule has 0 aliphatic carbocycles. The molecular weight excluding hydrogens is 334 g/mol. The molecule has 1 unspecified atom stereocenters. The van der Waals surface area contributed by atoms with Gasteiger partial charge in [0.25, 0.3) is 0 Å². The largest absolute Gasteiger partial charge is 0.493 e. The Morgan fingerprint density at radius 3 is 2.38 bits per heavy atom. The standard InChI is InChI=1S/C19H27N3O4/c1-20-8-10-21(11-9-20)15-13-18(23)22(19(15)24)7-6-14-4-5-16(25-2)17(12-14)26-3/h4-5,12,15H,6-11,13H2,1-3H3. The van der Waals surface area contributed by atoms with Crippen molar-refractivity contribution in [2.75, 3.05) is 54.0 Å².